The molecule has 4 nitrogen and oxygen atoms in total. The van der Waals surface area contributed by atoms with Gasteiger partial charge in [-0.1, -0.05) is 18.2 Å². The Morgan fingerprint density at radius 3 is 2.91 bits per heavy atom. The molecule has 4 rings (SSSR count). The number of pyridine rings is 1. The second kappa shape index (κ2) is 5.59. The zero-order chi connectivity index (χ0) is 15.8. The smallest absolute Gasteiger partial charge is 0.240 e. The zero-order valence-corrected chi connectivity index (χ0v) is 13.5. The van der Waals surface area contributed by atoms with Crippen LogP contribution in [0.25, 0.3) is 10.9 Å². The first kappa shape index (κ1) is 14.1. The Morgan fingerprint density at radius 2 is 2.13 bits per heavy atom. The van der Waals surface area contributed by atoms with Crippen molar-refractivity contribution < 1.29 is 4.79 Å². The summed E-state index contributed by atoms with van der Waals surface area (Å²) >= 11 is 1.64. The maximum Gasteiger partial charge on any atom is 0.240 e. The number of carbonyl (C=O) groups excluding carboxylic acids is 1. The van der Waals surface area contributed by atoms with E-state index in [1.807, 2.05) is 29.6 Å². The van der Waals surface area contributed by atoms with Crippen LogP contribution in [0.1, 0.15) is 30.5 Å². The standard InChI is InChI=1S/C18H15N3OS/c1-12(22)21-18(10-17(20-21)13-7-9-23-11-13)15-6-8-19-16-5-3-2-4-14(15)16/h2-9,11,18H,10H2,1H3/t18-/m1/s1. The third-order valence-corrected chi connectivity index (χ3v) is 4.81. The van der Waals surface area contributed by atoms with E-state index in [9.17, 15) is 4.79 Å². The Hall–Kier alpha value is -2.53. The SMILES string of the molecule is CC(=O)N1N=C(c2ccsc2)C[C@@H]1c1ccnc2ccccc12. The average Bonchev–Trinajstić information content (AvgIpc) is 3.23. The van der Waals surface area contributed by atoms with Gasteiger partial charge in [-0.25, -0.2) is 5.01 Å². The van der Waals surface area contributed by atoms with Crippen molar-refractivity contribution in [1.82, 2.24) is 9.99 Å². The fraction of sp³-hybridized carbons (Fsp3) is 0.167. The van der Waals surface area contributed by atoms with Gasteiger partial charge in [0, 0.05) is 30.5 Å². The summed E-state index contributed by atoms with van der Waals surface area (Å²) in [6, 6.07) is 12.0. The molecule has 0 unspecified atom stereocenters. The van der Waals surface area contributed by atoms with Crippen LogP contribution in [0.2, 0.25) is 0 Å². The van der Waals surface area contributed by atoms with E-state index in [1.54, 1.807) is 29.5 Å². The molecule has 0 bridgehead atoms. The molecule has 0 N–H and O–H groups in total. The Labute approximate surface area is 138 Å². The minimum atomic E-state index is -0.0738. The van der Waals surface area contributed by atoms with E-state index in [4.69, 9.17) is 0 Å². The number of hydrazone groups is 1. The number of amides is 1. The van der Waals surface area contributed by atoms with Crippen LogP contribution in [0.4, 0.5) is 0 Å². The van der Waals surface area contributed by atoms with Gasteiger partial charge in [0.15, 0.2) is 0 Å². The van der Waals surface area contributed by atoms with Gasteiger partial charge in [0.05, 0.1) is 17.3 Å². The summed E-state index contributed by atoms with van der Waals surface area (Å²) in [4.78, 5) is 16.5. The van der Waals surface area contributed by atoms with Crippen LogP contribution < -0.4 is 0 Å². The summed E-state index contributed by atoms with van der Waals surface area (Å²) in [5.41, 5.74) is 4.10. The first-order chi connectivity index (χ1) is 11.2. The van der Waals surface area contributed by atoms with Crippen molar-refractivity contribution in [2.75, 3.05) is 0 Å². The maximum absolute atomic E-state index is 12.1. The number of rotatable bonds is 2. The molecule has 3 aromatic rings. The van der Waals surface area contributed by atoms with Crippen molar-refractivity contribution >= 4 is 33.9 Å². The highest BCUT2D eigenvalue weighted by molar-refractivity contribution is 7.08. The van der Waals surface area contributed by atoms with Crippen LogP contribution in [-0.2, 0) is 4.79 Å². The molecule has 0 aliphatic carbocycles. The molecule has 1 aliphatic heterocycles. The molecule has 0 spiro atoms. The predicted octanol–water partition coefficient (Wildman–Crippen LogP) is 3.99. The molecule has 1 aliphatic rings. The zero-order valence-electron chi connectivity index (χ0n) is 12.6. The number of nitrogens with zero attached hydrogens (tertiary/aromatic N) is 3. The molecular weight excluding hydrogens is 306 g/mol. The maximum atomic E-state index is 12.1. The number of para-hydroxylation sites is 1. The van der Waals surface area contributed by atoms with Gasteiger partial charge in [-0.15, -0.1) is 0 Å². The molecule has 2 aromatic heterocycles. The largest absolute Gasteiger partial charge is 0.273 e. The van der Waals surface area contributed by atoms with E-state index < -0.39 is 0 Å². The van der Waals surface area contributed by atoms with Gasteiger partial charge in [-0.05, 0) is 34.5 Å². The lowest BCUT2D eigenvalue weighted by molar-refractivity contribution is -0.130. The number of thiophene rings is 1. The second-order valence-corrected chi connectivity index (χ2v) is 6.34. The molecule has 23 heavy (non-hydrogen) atoms. The summed E-state index contributed by atoms with van der Waals surface area (Å²) in [7, 11) is 0. The minimum Gasteiger partial charge on any atom is -0.273 e. The third-order valence-electron chi connectivity index (χ3n) is 4.13. The van der Waals surface area contributed by atoms with Gasteiger partial charge in [0.2, 0.25) is 5.91 Å². The summed E-state index contributed by atoms with van der Waals surface area (Å²) in [6.45, 7) is 1.57. The van der Waals surface area contributed by atoms with E-state index in [1.165, 1.54) is 0 Å². The highest BCUT2D eigenvalue weighted by Gasteiger charge is 2.32. The van der Waals surface area contributed by atoms with Crippen LogP contribution in [-0.4, -0.2) is 21.6 Å². The van der Waals surface area contributed by atoms with Crippen LogP contribution in [0.5, 0.6) is 0 Å². The van der Waals surface area contributed by atoms with Gasteiger partial charge in [-0.2, -0.15) is 16.4 Å². The summed E-state index contributed by atoms with van der Waals surface area (Å²) in [5.74, 6) is -0.0406. The van der Waals surface area contributed by atoms with Gasteiger partial charge in [0.1, 0.15) is 0 Å². The van der Waals surface area contributed by atoms with Crippen LogP contribution >= 0.6 is 11.3 Å². The van der Waals surface area contributed by atoms with Crippen molar-refractivity contribution in [2.24, 2.45) is 5.10 Å². The first-order valence-electron chi connectivity index (χ1n) is 7.47. The monoisotopic (exact) mass is 321 g/mol. The summed E-state index contributed by atoms with van der Waals surface area (Å²) in [5, 5.41) is 11.4. The molecule has 0 saturated heterocycles. The molecule has 1 aromatic carbocycles. The van der Waals surface area contributed by atoms with Crippen LogP contribution in [0.3, 0.4) is 0 Å². The van der Waals surface area contributed by atoms with Crippen molar-refractivity contribution in [3.8, 4) is 0 Å². The van der Waals surface area contributed by atoms with E-state index in [-0.39, 0.29) is 11.9 Å². The summed E-state index contributed by atoms with van der Waals surface area (Å²) < 4.78 is 0. The molecule has 3 heterocycles. The quantitative estimate of drug-likeness (QED) is 0.716. The topological polar surface area (TPSA) is 45.6 Å². The Kier molecular flexibility index (Phi) is 3.42. The number of aromatic nitrogens is 1. The predicted molar refractivity (Wildman–Crippen MR) is 92.5 cm³/mol. The lowest BCUT2D eigenvalue weighted by Gasteiger charge is -2.21. The van der Waals surface area contributed by atoms with Crippen molar-refractivity contribution in [3.63, 3.8) is 0 Å². The van der Waals surface area contributed by atoms with E-state index >= 15 is 0 Å². The molecule has 0 saturated carbocycles. The van der Waals surface area contributed by atoms with Gasteiger partial charge >= 0.3 is 0 Å². The first-order valence-corrected chi connectivity index (χ1v) is 8.42. The van der Waals surface area contributed by atoms with E-state index in [0.29, 0.717) is 0 Å². The van der Waals surface area contributed by atoms with Gasteiger partial charge in [-0.3, -0.25) is 9.78 Å². The van der Waals surface area contributed by atoms with Crippen molar-refractivity contribution in [3.05, 3.63) is 64.5 Å². The molecule has 114 valence electrons. The number of fused-ring (bicyclic) bond motifs is 1. The fourth-order valence-corrected chi connectivity index (χ4v) is 3.72. The average molecular weight is 321 g/mol. The van der Waals surface area contributed by atoms with Crippen molar-refractivity contribution in [1.29, 1.82) is 0 Å². The lowest BCUT2D eigenvalue weighted by atomic mass is 9.96. The van der Waals surface area contributed by atoms with Crippen LogP contribution in [0.15, 0.2) is 58.5 Å². The van der Waals surface area contributed by atoms with Crippen LogP contribution in [0, 0.1) is 0 Å². The number of hydrogen-bond donors (Lipinski definition) is 0. The molecule has 1 atom stereocenters. The number of hydrogen-bond acceptors (Lipinski definition) is 4. The fourth-order valence-electron chi connectivity index (χ4n) is 3.05. The normalized spacial score (nSPS) is 17.5. The van der Waals surface area contributed by atoms with Gasteiger partial charge in [0.25, 0.3) is 0 Å². The minimum absolute atomic E-state index is 0.0406. The second-order valence-electron chi connectivity index (χ2n) is 5.56. The molecule has 1 amide bonds. The van der Waals surface area contributed by atoms with E-state index in [2.05, 4.69) is 27.6 Å². The molecule has 0 fully saturated rings. The summed E-state index contributed by atoms with van der Waals surface area (Å²) in [6.07, 6.45) is 2.53. The third kappa shape index (κ3) is 2.43. The van der Waals surface area contributed by atoms with Crippen molar-refractivity contribution in [2.45, 2.75) is 19.4 Å². The number of carbonyl (C=O) groups is 1. The highest BCUT2D eigenvalue weighted by Crippen LogP contribution is 2.36. The van der Waals surface area contributed by atoms with Gasteiger partial charge < -0.3 is 0 Å². The van der Waals surface area contributed by atoms with E-state index in [0.717, 1.165) is 34.2 Å². The lowest BCUT2D eigenvalue weighted by Crippen LogP contribution is -2.24. The Balaban J connectivity index is 1.80. The Bertz CT molecular complexity index is 896. The molecule has 5 heteroatoms. The molecule has 0 radical (unpaired) electrons. The Morgan fingerprint density at radius 1 is 1.26 bits per heavy atom. The molecular formula is C18H15N3OS. The highest BCUT2D eigenvalue weighted by atomic mass is 32.1. The number of benzene rings is 1.